The molecule has 1 saturated heterocycles. The Morgan fingerprint density at radius 3 is 2.58 bits per heavy atom. The van der Waals surface area contributed by atoms with Gasteiger partial charge in [0.1, 0.15) is 12.1 Å². The maximum absolute atomic E-state index is 13.0. The highest BCUT2D eigenvalue weighted by Gasteiger charge is 2.55. The number of imide groups is 1. The molecule has 0 aromatic heterocycles. The number of hydrogen-bond donors (Lipinski definition) is 1. The number of anilines is 1. The van der Waals surface area contributed by atoms with Crippen molar-refractivity contribution in [1.29, 1.82) is 0 Å². The highest BCUT2D eigenvalue weighted by atomic mass is 16.2. The largest absolute Gasteiger partial charge is 0.325 e. The molecule has 6 nitrogen and oxygen atoms in total. The summed E-state index contributed by atoms with van der Waals surface area (Å²) in [6.45, 7) is 5.61. The van der Waals surface area contributed by atoms with Crippen LogP contribution in [0, 0.1) is 5.92 Å². The Balaban J connectivity index is 1.80. The molecule has 0 radical (unpaired) electrons. The third-order valence-electron chi connectivity index (χ3n) is 5.61. The van der Waals surface area contributed by atoms with Crippen LogP contribution < -0.4 is 10.2 Å². The van der Waals surface area contributed by atoms with Crippen LogP contribution in [-0.4, -0.2) is 40.9 Å². The summed E-state index contributed by atoms with van der Waals surface area (Å²) < 4.78 is 0. The minimum atomic E-state index is -0.828. The van der Waals surface area contributed by atoms with E-state index in [0.717, 1.165) is 29.8 Å². The molecule has 1 aliphatic heterocycles. The van der Waals surface area contributed by atoms with Crippen LogP contribution in [0.2, 0.25) is 0 Å². The zero-order valence-corrected chi connectivity index (χ0v) is 15.7. The molecule has 26 heavy (non-hydrogen) atoms. The summed E-state index contributed by atoms with van der Waals surface area (Å²) >= 11 is 0. The quantitative estimate of drug-likeness (QED) is 0.843. The molecule has 3 rings (SSSR count). The van der Waals surface area contributed by atoms with Crippen molar-refractivity contribution in [3.05, 3.63) is 30.3 Å². The number of benzene rings is 1. The second kappa shape index (κ2) is 7.09. The fourth-order valence-corrected chi connectivity index (χ4v) is 4.17. The standard InChI is InChI=1S/C20H27N3O3/c1-14(2)23(16-10-5-4-6-11-16)17(24)13-22-18(25)20(21-19(22)26)12-8-7-9-15(20)3/h4-6,10-11,14-15H,7-9,12-13H2,1-3H3,(H,21,26)/t15-,20-/m1/s1. The lowest BCUT2D eigenvalue weighted by atomic mass is 9.73. The van der Waals surface area contributed by atoms with Crippen molar-refractivity contribution < 1.29 is 14.4 Å². The molecule has 0 bridgehead atoms. The fraction of sp³-hybridized carbons (Fsp3) is 0.550. The molecule has 1 aliphatic carbocycles. The first kappa shape index (κ1) is 18.4. The van der Waals surface area contributed by atoms with E-state index in [4.69, 9.17) is 0 Å². The molecule has 0 unspecified atom stereocenters. The number of urea groups is 1. The van der Waals surface area contributed by atoms with Gasteiger partial charge in [-0.2, -0.15) is 0 Å². The Morgan fingerprint density at radius 2 is 1.96 bits per heavy atom. The molecule has 1 spiro atoms. The average Bonchev–Trinajstić information content (AvgIpc) is 2.83. The van der Waals surface area contributed by atoms with Crippen molar-refractivity contribution in [1.82, 2.24) is 10.2 Å². The summed E-state index contributed by atoms with van der Waals surface area (Å²) in [5.74, 6) is -0.418. The zero-order valence-electron chi connectivity index (χ0n) is 15.7. The summed E-state index contributed by atoms with van der Waals surface area (Å²) in [6, 6.07) is 8.80. The van der Waals surface area contributed by atoms with Crippen molar-refractivity contribution in [2.75, 3.05) is 11.4 Å². The van der Waals surface area contributed by atoms with Crippen molar-refractivity contribution in [3.63, 3.8) is 0 Å². The van der Waals surface area contributed by atoms with E-state index in [1.807, 2.05) is 51.1 Å². The number of nitrogens with one attached hydrogen (secondary N) is 1. The lowest BCUT2D eigenvalue weighted by molar-refractivity contribution is -0.136. The van der Waals surface area contributed by atoms with Gasteiger partial charge >= 0.3 is 6.03 Å². The molecular weight excluding hydrogens is 330 g/mol. The Hall–Kier alpha value is -2.37. The van der Waals surface area contributed by atoms with E-state index in [0.29, 0.717) is 6.42 Å². The van der Waals surface area contributed by atoms with Gasteiger partial charge in [-0.15, -0.1) is 0 Å². The van der Waals surface area contributed by atoms with Gasteiger partial charge in [-0.25, -0.2) is 4.79 Å². The normalized spacial score (nSPS) is 25.7. The average molecular weight is 357 g/mol. The Labute approximate surface area is 154 Å². The van der Waals surface area contributed by atoms with Crippen LogP contribution in [0.3, 0.4) is 0 Å². The van der Waals surface area contributed by atoms with E-state index in [1.54, 1.807) is 4.90 Å². The van der Waals surface area contributed by atoms with Crippen LogP contribution in [0.25, 0.3) is 0 Å². The van der Waals surface area contributed by atoms with Gasteiger partial charge in [0.2, 0.25) is 5.91 Å². The van der Waals surface area contributed by atoms with Crippen molar-refractivity contribution in [2.24, 2.45) is 5.92 Å². The van der Waals surface area contributed by atoms with Gasteiger partial charge in [0.05, 0.1) is 0 Å². The second-order valence-electron chi connectivity index (χ2n) is 7.63. The Bertz CT molecular complexity index is 704. The molecule has 1 saturated carbocycles. The van der Waals surface area contributed by atoms with Crippen molar-refractivity contribution >= 4 is 23.5 Å². The monoisotopic (exact) mass is 357 g/mol. The molecule has 6 heteroatoms. The summed E-state index contributed by atoms with van der Waals surface area (Å²) in [5, 5.41) is 2.90. The van der Waals surface area contributed by atoms with Crippen LogP contribution >= 0.6 is 0 Å². The van der Waals surface area contributed by atoms with E-state index in [1.165, 1.54) is 0 Å². The minimum Gasteiger partial charge on any atom is -0.323 e. The zero-order chi connectivity index (χ0) is 18.9. The highest BCUT2D eigenvalue weighted by molar-refractivity contribution is 6.10. The van der Waals surface area contributed by atoms with Gasteiger partial charge in [-0.3, -0.25) is 14.5 Å². The van der Waals surface area contributed by atoms with Gasteiger partial charge < -0.3 is 10.2 Å². The third kappa shape index (κ3) is 3.08. The maximum atomic E-state index is 13.0. The number of carbonyl (C=O) groups is 3. The molecular formula is C20H27N3O3. The fourth-order valence-electron chi connectivity index (χ4n) is 4.17. The first-order valence-corrected chi connectivity index (χ1v) is 9.38. The summed E-state index contributed by atoms with van der Waals surface area (Å²) in [7, 11) is 0. The SMILES string of the molecule is CC(C)N(C(=O)CN1C(=O)N[C@@]2(CCCC[C@H]2C)C1=O)c1ccccc1. The highest BCUT2D eigenvalue weighted by Crippen LogP contribution is 2.38. The molecule has 1 aromatic carbocycles. The topological polar surface area (TPSA) is 69.7 Å². The lowest BCUT2D eigenvalue weighted by Crippen LogP contribution is -2.54. The number of hydrogen-bond acceptors (Lipinski definition) is 3. The van der Waals surface area contributed by atoms with E-state index in [2.05, 4.69) is 5.32 Å². The molecule has 2 aliphatic rings. The number of amides is 4. The molecule has 1 aromatic rings. The number of nitrogens with zero attached hydrogens (tertiary/aromatic N) is 2. The van der Waals surface area contributed by atoms with Crippen LogP contribution in [0.5, 0.6) is 0 Å². The lowest BCUT2D eigenvalue weighted by Gasteiger charge is -2.37. The first-order valence-electron chi connectivity index (χ1n) is 9.38. The predicted molar refractivity (Wildman–Crippen MR) is 99.7 cm³/mol. The van der Waals surface area contributed by atoms with Crippen LogP contribution in [0.1, 0.15) is 46.5 Å². The number of rotatable bonds is 4. The summed E-state index contributed by atoms with van der Waals surface area (Å²) in [4.78, 5) is 41.2. The molecule has 140 valence electrons. The number of carbonyl (C=O) groups excluding carboxylic acids is 3. The summed E-state index contributed by atoms with van der Waals surface area (Å²) in [6.07, 6.45) is 3.55. The van der Waals surface area contributed by atoms with Gasteiger partial charge in [0.25, 0.3) is 5.91 Å². The first-order chi connectivity index (χ1) is 12.4. The van der Waals surface area contributed by atoms with E-state index in [9.17, 15) is 14.4 Å². The molecule has 2 fully saturated rings. The van der Waals surface area contributed by atoms with Gasteiger partial charge in [-0.1, -0.05) is 38.0 Å². The Kier molecular flexibility index (Phi) is 5.03. The smallest absolute Gasteiger partial charge is 0.323 e. The van der Waals surface area contributed by atoms with Gasteiger partial charge in [0, 0.05) is 11.7 Å². The van der Waals surface area contributed by atoms with Crippen molar-refractivity contribution in [2.45, 2.75) is 58.0 Å². The molecule has 1 N–H and O–H groups in total. The van der Waals surface area contributed by atoms with Crippen molar-refractivity contribution in [3.8, 4) is 0 Å². The van der Waals surface area contributed by atoms with Crippen LogP contribution in [0.4, 0.5) is 10.5 Å². The van der Waals surface area contributed by atoms with E-state index >= 15 is 0 Å². The molecule has 2 atom stereocenters. The molecule has 4 amide bonds. The van der Waals surface area contributed by atoms with E-state index < -0.39 is 11.6 Å². The van der Waals surface area contributed by atoms with Gasteiger partial charge in [0.15, 0.2) is 0 Å². The number of para-hydroxylation sites is 1. The van der Waals surface area contributed by atoms with Crippen LogP contribution in [0.15, 0.2) is 30.3 Å². The van der Waals surface area contributed by atoms with Crippen LogP contribution in [-0.2, 0) is 9.59 Å². The predicted octanol–water partition coefficient (Wildman–Crippen LogP) is 2.93. The third-order valence-corrected chi connectivity index (χ3v) is 5.61. The van der Waals surface area contributed by atoms with E-state index in [-0.39, 0.29) is 30.3 Å². The second-order valence-corrected chi connectivity index (χ2v) is 7.63. The minimum absolute atomic E-state index is 0.0757. The maximum Gasteiger partial charge on any atom is 0.325 e. The van der Waals surface area contributed by atoms with Gasteiger partial charge in [-0.05, 0) is 44.7 Å². The Morgan fingerprint density at radius 1 is 1.27 bits per heavy atom. The summed E-state index contributed by atoms with van der Waals surface area (Å²) in [5.41, 5.74) is -0.0642. The molecule has 1 heterocycles.